The molecule has 0 aliphatic heterocycles. The number of rotatable bonds is 3. The minimum atomic E-state index is -0.699. The second-order valence-electron chi connectivity index (χ2n) is 5.70. The van der Waals surface area contributed by atoms with Crippen molar-refractivity contribution in [2.75, 3.05) is 0 Å². The number of amides is 1. The fraction of sp³-hybridized carbons (Fsp3) is 0.353. The quantitative estimate of drug-likeness (QED) is 0.940. The molecule has 2 heterocycles. The normalized spacial score (nSPS) is 16.2. The molecule has 1 aliphatic rings. The number of nitriles is 1. The van der Waals surface area contributed by atoms with Crippen molar-refractivity contribution in [1.82, 2.24) is 10.3 Å². The summed E-state index contributed by atoms with van der Waals surface area (Å²) in [5, 5.41) is 16.3. The third kappa shape index (κ3) is 2.75. The van der Waals surface area contributed by atoms with Gasteiger partial charge in [0.15, 0.2) is 0 Å². The van der Waals surface area contributed by atoms with Crippen molar-refractivity contribution < 1.29 is 4.79 Å². The van der Waals surface area contributed by atoms with Gasteiger partial charge in [0.1, 0.15) is 5.54 Å². The highest BCUT2D eigenvalue weighted by Crippen LogP contribution is 2.29. The van der Waals surface area contributed by atoms with E-state index in [9.17, 15) is 10.1 Å². The largest absolute Gasteiger partial charge is 0.334 e. The maximum atomic E-state index is 12.5. The van der Waals surface area contributed by atoms with Crippen molar-refractivity contribution in [1.29, 1.82) is 5.26 Å². The minimum absolute atomic E-state index is 0.203. The van der Waals surface area contributed by atoms with Gasteiger partial charge in [0.25, 0.3) is 5.91 Å². The molecule has 0 atom stereocenters. The Bertz CT molecular complexity index is 725. The monoisotopic (exact) mass is 311 g/mol. The molecule has 1 fully saturated rings. The second-order valence-corrected chi connectivity index (χ2v) is 6.48. The van der Waals surface area contributed by atoms with Gasteiger partial charge in [-0.15, -0.1) is 0 Å². The number of carbonyl (C=O) groups is 1. The van der Waals surface area contributed by atoms with E-state index in [1.807, 2.05) is 29.8 Å². The van der Waals surface area contributed by atoms with E-state index in [1.165, 1.54) is 0 Å². The summed E-state index contributed by atoms with van der Waals surface area (Å²) in [4.78, 5) is 17.0. The average molecular weight is 311 g/mol. The third-order valence-electron chi connectivity index (χ3n) is 4.17. The number of hydrogen-bond acceptors (Lipinski definition) is 4. The predicted octanol–water partition coefficient (Wildman–Crippen LogP) is 3.68. The summed E-state index contributed by atoms with van der Waals surface area (Å²) >= 11 is 1.62. The molecule has 0 saturated heterocycles. The standard InChI is InChI=1S/C17H17N3OS/c1-12-14(4-5-15(19-12)13-6-9-22-10-13)16(21)20-17(11-18)7-2-3-8-17/h4-6,9-10H,2-3,7-8H2,1H3,(H,20,21). The summed E-state index contributed by atoms with van der Waals surface area (Å²) in [7, 11) is 0. The maximum Gasteiger partial charge on any atom is 0.254 e. The zero-order valence-electron chi connectivity index (χ0n) is 12.4. The van der Waals surface area contributed by atoms with Crippen LogP contribution in [0.1, 0.15) is 41.7 Å². The minimum Gasteiger partial charge on any atom is -0.334 e. The van der Waals surface area contributed by atoms with E-state index in [-0.39, 0.29) is 5.91 Å². The molecule has 5 heteroatoms. The average Bonchev–Trinajstić information content (AvgIpc) is 3.19. The smallest absolute Gasteiger partial charge is 0.254 e. The van der Waals surface area contributed by atoms with Gasteiger partial charge in [0, 0.05) is 10.9 Å². The lowest BCUT2D eigenvalue weighted by atomic mass is 9.99. The molecule has 4 nitrogen and oxygen atoms in total. The maximum absolute atomic E-state index is 12.5. The number of pyridine rings is 1. The van der Waals surface area contributed by atoms with Gasteiger partial charge in [-0.05, 0) is 56.2 Å². The van der Waals surface area contributed by atoms with Crippen molar-refractivity contribution in [3.63, 3.8) is 0 Å². The van der Waals surface area contributed by atoms with E-state index in [1.54, 1.807) is 17.4 Å². The van der Waals surface area contributed by atoms with Crippen LogP contribution in [0.2, 0.25) is 0 Å². The van der Waals surface area contributed by atoms with Crippen LogP contribution in [0.15, 0.2) is 29.0 Å². The topological polar surface area (TPSA) is 65.8 Å². The Labute approximate surface area is 133 Å². The molecule has 0 spiro atoms. The summed E-state index contributed by atoms with van der Waals surface area (Å²) < 4.78 is 0. The Hall–Kier alpha value is -2.19. The number of thiophene rings is 1. The van der Waals surface area contributed by atoms with Crippen LogP contribution in [0.5, 0.6) is 0 Å². The SMILES string of the molecule is Cc1nc(-c2ccsc2)ccc1C(=O)NC1(C#N)CCCC1. The molecule has 0 bridgehead atoms. The van der Waals surface area contributed by atoms with Gasteiger partial charge in [0.05, 0.1) is 23.0 Å². The molecule has 0 radical (unpaired) electrons. The summed E-state index contributed by atoms with van der Waals surface area (Å²) in [6.45, 7) is 1.83. The van der Waals surface area contributed by atoms with E-state index < -0.39 is 5.54 Å². The lowest BCUT2D eigenvalue weighted by Gasteiger charge is -2.22. The molecule has 1 amide bonds. The first-order valence-corrected chi connectivity index (χ1v) is 8.32. The highest BCUT2D eigenvalue weighted by atomic mass is 32.1. The van der Waals surface area contributed by atoms with Crippen LogP contribution in [0.4, 0.5) is 0 Å². The first-order valence-electron chi connectivity index (χ1n) is 7.37. The van der Waals surface area contributed by atoms with Crippen molar-refractivity contribution in [2.45, 2.75) is 38.1 Å². The van der Waals surface area contributed by atoms with Crippen molar-refractivity contribution in [3.8, 4) is 17.3 Å². The predicted molar refractivity (Wildman–Crippen MR) is 86.6 cm³/mol. The molecule has 112 valence electrons. The number of nitrogens with one attached hydrogen (secondary N) is 1. The molecule has 22 heavy (non-hydrogen) atoms. The lowest BCUT2D eigenvalue weighted by Crippen LogP contribution is -2.45. The van der Waals surface area contributed by atoms with E-state index in [4.69, 9.17) is 0 Å². The van der Waals surface area contributed by atoms with Gasteiger partial charge in [0.2, 0.25) is 0 Å². The summed E-state index contributed by atoms with van der Waals surface area (Å²) in [5.41, 5.74) is 2.46. The van der Waals surface area contributed by atoms with Crippen molar-refractivity contribution >= 4 is 17.2 Å². The van der Waals surface area contributed by atoms with Crippen LogP contribution in [-0.4, -0.2) is 16.4 Å². The molecule has 3 rings (SSSR count). The van der Waals surface area contributed by atoms with Gasteiger partial charge in [-0.1, -0.05) is 0 Å². The van der Waals surface area contributed by atoms with Gasteiger partial charge in [-0.3, -0.25) is 9.78 Å². The highest BCUT2D eigenvalue weighted by molar-refractivity contribution is 7.08. The van der Waals surface area contributed by atoms with E-state index in [2.05, 4.69) is 16.4 Å². The van der Waals surface area contributed by atoms with Crippen LogP contribution >= 0.6 is 11.3 Å². The van der Waals surface area contributed by atoms with Crippen LogP contribution in [0.25, 0.3) is 11.3 Å². The van der Waals surface area contributed by atoms with Gasteiger partial charge < -0.3 is 5.32 Å². The van der Waals surface area contributed by atoms with Crippen LogP contribution in [-0.2, 0) is 0 Å². The molecule has 0 unspecified atom stereocenters. The number of hydrogen-bond donors (Lipinski definition) is 1. The van der Waals surface area contributed by atoms with Crippen molar-refractivity contribution in [2.24, 2.45) is 0 Å². The molecular formula is C17H17N3OS. The Balaban J connectivity index is 1.83. The van der Waals surface area contributed by atoms with Crippen LogP contribution in [0.3, 0.4) is 0 Å². The van der Waals surface area contributed by atoms with E-state index >= 15 is 0 Å². The lowest BCUT2D eigenvalue weighted by molar-refractivity contribution is 0.0919. The number of aromatic nitrogens is 1. The van der Waals surface area contributed by atoms with Crippen LogP contribution < -0.4 is 5.32 Å². The van der Waals surface area contributed by atoms with Crippen molar-refractivity contribution in [3.05, 3.63) is 40.2 Å². The first kappa shape index (κ1) is 14.7. The molecule has 1 aliphatic carbocycles. The van der Waals surface area contributed by atoms with Crippen LogP contribution in [0, 0.1) is 18.3 Å². The number of nitrogens with zero attached hydrogens (tertiary/aromatic N) is 2. The number of aryl methyl sites for hydroxylation is 1. The summed E-state index contributed by atoms with van der Waals surface area (Å²) in [5.74, 6) is -0.203. The molecule has 1 saturated carbocycles. The third-order valence-corrected chi connectivity index (χ3v) is 4.85. The Morgan fingerprint density at radius 1 is 1.36 bits per heavy atom. The molecular weight excluding hydrogens is 294 g/mol. The Morgan fingerprint density at radius 3 is 2.73 bits per heavy atom. The summed E-state index contributed by atoms with van der Waals surface area (Å²) in [6, 6.07) is 7.94. The zero-order valence-corrected chi connectivity index (χ0v) is 13.2. The van der Waals surface area contributed by atoms with Gasteiger partial charge >= 0.3 is 0 Å². The highest BCUT2D eigenvalue weighted by Gasteiger charge is 2.35. The molecule has 0 aromatic carbocycles. The number of carbonyl (C=O) groups excluding carboxylic acids is 1. The van der Waals surface area contributed by atoms with Gasteiger partial charge in [-0.2, -0.15) is 16.6 Å². The Morgan fingerprint density at radius 2 is 2.14 bits per heavy atom. The fourth-order valence-corrected chi connectivity index (χ4v) is 3.55. The van der Waals surface area contributed by atoms with E-state index in [0.717, 1.165) is 36.9 Å². The zero-order chi connectivity index (χ0) is 15.6. The molecule has 2 aromatic heterocycles. The Kier molecular flexibility index (Phi) is 3.95. The van der Waals surface area contributed by atoms with E-state index in [0.29, 0.717) is 11.3 Å². The van der Waals surface area contributed by atoms with Gasteiger partial charge in [-0.25, -0.2) is 0 Å². The first-order chi connectivity index (χ1) is 10.6. The fourth-order valence-electron chi connectivity index (χ4n) is 2.90. The molecule has 2 aromatic rings. The molecule has 1 N–H and O–H groups in total. The summed E-state index contributed by atoms with van der Waals surface area (Å²) in [6.07, 6.45) is 3.44. The second kappa shape index (κ2) is 5.90.